The van der Waals surface area contributed by atoms with Crippen LogP contribution in [-0.2, 0) is 21.0 Å². The van der Waals surface area contributed by atoms with E-state index in [1.165, 1.54) is 7.11 Å². The summed E-state index contributed by atoms with van der Waals surface area (Å²) in [5.41, 5.74) is 5.00. The van der Waals surface area contributed by atoms with Crippen LogP contribution in [0.3, 0.4) is 0 Å². The van der Waals surface area contributed by atoms with Gasteiger partial charge in [0.05, 0.1) is 16.8 Å². The Hall–Kier alpha value is -5.48. The Labute approximate surface area is 250 Å². The van der Waals surface area contributed by atoms with E-state index in [9.17, 15) is 14.4 Å². The first kappa shape index (κ1) is 29.0. The molecule has 10 heteroatoms. The van der Waals surface area contributed by atoms with Crippen LogP contribution in [0.4, 0.5) is 0 Å². The summed E-state index contributed by atoms with van der Waals surface area (Å²) in [5, 5.41) is 22.3. The minimum atomic E-state index is -1.52. The predicted octanol–water partition coefficient (Wildman–Crippen LogP) is 5.76. The number of aliphatic carboxylic acids is 2. The normalized spacial score (nSPS) is 11.2. The number of hydrogen-bond donors (Lipinski definition) is 2. The first-order valence-corrected chi connectivity index (χ1v) is 14.0. The van der Waals surface area contributed by atoms with Gasteiger partial charge in [0.1, 0.15) is 30.8 Å². The molecule has 0 spiro atoms. The van der Waals surface area contributed by atoms with Crippen molar-refractivity contribution in [2.24, 2.45) is 5.16 Å². The van der Waals surface area contributed by atoms with Crippen molar-refractivity contribution in [2.75, 3.05) is 13.7 Å². The van der Waals surface area contributed by atoms with Gasteiger partial charge in [-0.1, -0.05) is 89.3 Å². The number of fused-ring (bicyclic) bond motifs is 1. The van der Waals surface area contributed by atoms with Crippen molar-refractivity contribution in [3.8, 4) is 16.9 Å². The number of aromatic nitrogens is 1. The van der Waals surface area contributed by atoms with Crippen molar-refractivity contribution < 1.29 is 29.4 Å². The maximum atomic E-state index is 12.9. The molecule has 0 saturated heterocycles. The van der Waals surface area contributed by atoms with Crippen LogP contribution in [0.5, 0.6) is 5.75 Å². The monoisotopic (exact) mass is 594 g/mol. The molecule has 0 atom stereocenters. The van der Waals surface area contributed by atoms with Gasteiger partial charge in [-0.2, -0.15) is 0 Å². The van der Waals surface area contributed by atoms with Gasteiger partial charge in [-0.15, -0.1) is 0 Å². The summed E-state index contributed by atoms with van der Waals surface area (Å²) >= 11 is 1.14. The molecule has 0 aliphatic rings. The summed E-state index contributed by atoms with van der Waals surface area (Å²) in [6.07, 6.45) is 1.07. The molecule has 1 aromatic heterocycles. The van der Waals surface area contributed by atoms with Gasteiger partial charge < -0.3 is 19.8 Å². The summed E-state index contributed by atoms with van der Waals surface area (Å²) in [4.78, 5) is 40.1. The largest absolute Gasteiger partial charge is 0.492 e. The van der Waals surface area contributed by atoms with E-state index < -0.39 is 17.5 Å². The predicted molar refractivity (Wildman–Crippen MR) is 166 cm³/mol. The maximum absolute atomic E-state index is 12.9. The Morgan fingerprint density at radius 2 is 1.51 bits per heavy atom. The summed E-state index contributed by atoms with van der Waals surface area (Å²) < 4.78 is 8.24. The lowest BCUT2D eigenvalue weighted by molar-refractivity contribution is -0.140. The third-order valence-corrected chi connectivity index (χ3v) is 7.57. The molecule has 1 heterocycles. The zero-order chi connectivity index (χ0) is 30.3. The highest BCUT2D eigenvalue weighted by molar-refractivity contribution is 7.16. The smallest absolute Gasteiger partial charge is 0.343 e. The highest BCUT2D eigenvalue weighted by atomic mass is 32.1. The van der Waals surface area contributed by atoms with Crippen molar-refractivity contribution >= 4 is 45.3 Å². The number of carboxylic acid groups (broad SMARTS) is 2. The minimum Gasteiger partial charge on any atom is -0.492 e. The molecular formula is C33H26N2O7S. The van der Waals surface area contributed by atoms with Crippen molar-refractivity contribution in [3.05, 3.63) is 129 Å². The number of carbonyl (C=O) groups is 2. The van der Waals surface area contributed by atoms with Gasteiger partial charge in [0, 0.05) is 11.1 Å². The molecule has 0 aliphatic heterocycles. The Morgan fingerprint density at radius 3 is 2.16 bits per heavy atom. The van der Waals surface area contributed by atoms with E-state index in [0.717, 1.165) is 49.9 Å². The van der Waals surface area contributed by atoms with Crippen LogP contribution in [0.25, 0.3) is 27.4 Å². The molecule has 0 saturated carbocycles. The highest BCUT2D eigenvalue weighted by Crippen LogP contribution is 2.24. The van der Waals surface area contributed by atoms with Crippen LogP contribution in [-0.4, -0.2) is 46.1 Å². The molecule has 0 fully saturated rings. The van der Waals surface area contributed by atoms with Gasteiger partial charge in [-0.05, 0) is 47.0 Å². The number of thiazole rings is 1. The molecule has 0 bridgehead atoms. The number of carboxylic acids is 2. The number of hydrogen-bond acceptors (Lipinski definition) is 7. The third-order valence-electron chi connectivity index (χ3n) is 6.63. The standard InChI is InChI=1S/C33H26N2O7S/c1-41-34-30(24-11-9-23(10-12-24)22-5-3-2-4-6-22)25-13-16-28-29(20-25)43-33(40)35(28)17-18-42-26-14-7-21(8-15-26)19-27(31(36)37)32(38)39/h2-16,19-20H,17-18H2,1H3,(H,36,37)(H,38,39). The van der Waals surface area contributed by atoms with Crippen LogP contribution in [0.1, 0.15) is 16.7 Å². The van der Waals surface area contributed by atoms with Crippen LogP contribution in [0.2, 0.25) is 0 Å². The van der Waals surface area contributed by atoms with Crippen LogP contribution in [0, 0.1) is 0 Å². The number of nitrogens with zero attached hydrogens (tertiary/aromatic N) is 2. The quantitative estimate of drug-likeness (QED) is 0.0654. The Bertz CT molecular complexity index is 1870. The number of rotatable bonds is 11. The van der Waals surface area contributed by atoms with E-state index >= 15 is 0 Å². The SMILES string of the molecule is CON=C(c1ccc(-c2ccccc2)cc1)c1ccc2c(c1)sc(=O)n2CCOc1ccc(C=C(C(=O)O)C(=O)O)cc1. The van der Waals surface area contributed by atoms with E-state index in [1.54, 1.807) is 28.8 Å². The summed E-state index contributed by atoms with van der Waals surface area (Å²) in [7, 11) is 1.50. The van der Waals surface area contributed by atoms with E-state index in [-0.39, 0.29) is 11.5 Å². The second kappa shape index (κ2) is 13.0. The fraction of sp³-hybridized carbons (Fsp3) is 0.0909. The van der Waals surface area contributed by atoms with E-state index in [2.05, 4.69) is 17.3 Å². The fourth-order valence-corrected chi connectivity index (χ4v) is 5.49. The van der Waals surface area contributed by atoms with Crippen molar-refractivity contribution in [2.45, 2.75) is 6.54 Å². The average Bonchev–Trinajstić information content (AvgIpc) is 3.33. The second-order valence-corrected chi connectivity index (χ2v) is 10.3. The molecule has 5 aromatic rings. The summed E-state index contributed by atoms with van der Waals surface area (Å²) in [6, 6.07) is 30.2. The van der Waals surface area contributed by atoms with Gasteiger partial charge in [0.15, 0.2) is 0 Å². The van der Waals surface area contributed by atoms with Crippen LogP contribution < -0.4 is 9.61 Å². The van der Waals surface area contributed by atoms with E-state index in [1.807, 2.05) is 60.7 Å². The molecule has 0 aliphatic carbocycles. The molecule has 9 nitrogen and oxygen atoms in total. The number of ether oxygens (including phenoxy) is 1. The van der Waals surface area contributed by atoms with Crippen molar-refractivity contribution in [1.82, 2.24) is 4.57 Å². The molecular weight excluding hydrogens is 568 g/mol. The van der Waals surface area contributed by atoms with E-state index in [0.29, 0.717) is 23.6 Å². The number of oxime groups is 1. The lowest BCUT2D eigenvalue weighted by atomic mass is 9.99. The molecule has 0 radical (unpaired) electrons. The Balaban J connectivity index is 1.30. The highest BCUT2D eigenvalue weighted by Gasteiger charge is 2.16. The van der Waals surface area contributed by atoms with Gasteiger partial charge in [0.25, 0.3) is 0 Å². The average molecular weight is 595 g/mol. The minimum absolute atomic E-state index is 0.122. The summed E-state index contributed by atoms with van der Waals surface area (Å²) in [5.74, 6) is -2.54. The Kier molecular flexibility index (Phi) is 8.78. The topological polar surface area (TPSA) is 127 Å². The fourth-order valence-electron chi connectivity index (χ4n) is 4.54. The van der Waals surface area contributed by atoms with Gasteiger partial charge in [-0.25, -0.2) is 9.59 Å². The lowest BCUT2D eigenvalue weighted by Crippen LogP contribution is -2.17. The molecule has 0 amide bonds. The molecule has 216 valence electrons. The molecule has 0 unspecified atom stereocenters. The molecule has 43 heavy (non-hydrogen) atoms. The van der Waals surface area contributed by atoms with Gasteiger partial charge in [0.2, 0.25) is 0 Å². The number of benzene rings is 4. The van der Waals surface area contributed by atoms with E-state index in [4.69, 9.17) is 19.8 Å². The third kappa shape index (κ3) is 6.71. The zero-order valence-electron chi connectivity index (χ0n) is 23.0. The zero-order valence-corrected chi connectivity index (χ0v) is 23.8. The molecule has 5 rings (SSSR count). The van der Waals surface area contributed by atoms with Crippen molar-refractivity contribution in [1.29, 1.82) is 0 Å². The summed E-state index contributed by atoms with van der Waals surface area (Å²) in [6.45, 7) is 0.518. The van der Waals surface area contributed by atoms with Crippen molar-refractivity contribution in [3.63, 3.8) is 0 Å². The molecule has 2 N–H and O–H groups in total. The van der Waals surface area contributed by atoms with Crippen LogP contribution >= 0.6 is 11.3 Å². The molecule has 4 aromatic carbocycles. The van der Waals surface area contributed by atoms with Gasteiger partial charge in [-0.3, -0.25) is 9.36 Å². The maximum Gasteiger partial charge on any atom is 0.343 e. The first-order chi connectivity index (χ1) is 20.8. The Morgan fingerprint density at radius 1 is 0.860 bits per heavy atom. The second-order valence-electron chi connectivity index (χ2n) is 9.35. The lowest BCUT2D eigenvalue weighted by Gasteiger charge is -2.10. The van der Waals surface area contributed by atoms with Gasteiger partial charge >= 0.3 is 16.8 Å². The first-order valence-electron chi connectivity index (χ1n) is 13.2. The van der Waals surface area contributed by atoms with Crippen LogP contribution in [0.15, 0.2) is 113 Å².